The van der Waals surface area contributed by atoms with E-state index in [1.54, 1.807) is 6.07 Å². The maximum absolute atomic E-state index is 9.28. The van der Waals surface area contributed by atoms with E-state index >= 15 is 0 Å². The molecule has 0 bridgehead atoms. The second-order valence-electron chi connectivity index (χ2n) is 5.17. The second kappa shape index (κ2) is 7.20. The molecule has 5 nitrogen and oxygen atoms in total. The molecule has 0 aliphatic carbocycles. The predicted octanol–water partition coefficient (Wildman–Crippen LogP) is 2.36. The zero-order valence-corrected chi connectivity index (χ0v) is 12.3. The van der Waals surface area contributed by atoms with E-state index in [2.05, 4.69) is 11.0 Å². The first kappa shape index (κ1) is 14.7. The van der Waals surface area contributed by atoms with Crippen molar-refractivity contribution < 1.29 is 4.74 Å². The Hall–Kier alpha value is -1.67. The predicted molar refractivity (Wildman–Crippen MR) is 80.7 cm³/mol. The average molecular weight is 276 g/mol. The molecular weight excluding hydrogens is 252 g/mol. The summed E-state index contributed by atoms with van der Waals surface area (Å²) in [6, 6.07) is 4.02. The van der Waals surface area contributed by atoms with Crippen molar-refractivity contribution in [1.29, 1.82) is 5.26 Å². The lowest BCUT2D eigenvalue weighted by Crippen LogP contribution is -2.28. The fraction of sp³-hybridized carbons (Fsp3) is 0.667. The molecule has 110 valence electrons. The Balaban J connectivity index is 2.24. The van der Waals surface area contributed by atoms with Crippen molar-refractivity contribution in [1.82, 2.24) is 4.57 Å². The largest absolute Gasteiger partial charge is 0.396 e. The first-order chi connectivity index (χ1) is 9.77. The molecular formula is C15H24N4O. The highest BCUT2D eigenvalue weighted by molar-refractivity contribution is 5.68. The Morgan fingerprint density at radius 3 is 2.60 bits per heavy atom. The number of anilines is 2. The number of hydrogen-bond donors (Lipinski definition) is 1. The highest BCUT2D eigenvalue weighted by Crippen LogP contribution is 2.29. The maximum Gasteiger partial charge on any atom is 0.133 e. The van der Waals surface area contributed by atoms with Gasteiger partial charge in [0.15, 0.2) is 0 Å². The van der Waals surface area contributed by atoms with Gasteiger partial charge in [-0.15, -0.1) is 0 Å². The summed E-state index contributed by atoms with van der Waals surface area (Å²) in [5.74, 6) is 1.00. The Bertz CT molecular complexity index is 467. The zero-order chi connectivity index (χ0) is 14.4. The molecule has 1 aliphatic heterocycles. The summed E-state index contributed by atoms with van der Waals surface area (Å²) < 4.78 is 7.43. The van der Waals surface area contributed by atoms with E-state index in [4.69, 9.17) is 10.5 Å². The van der Waals surface area contributed by atoms with E-state index in [1.807, 2.05) is 11.5 Å². The van der Waals surface area contributed by atoms with Gasteiger partial charge in [0.2, 0.25) is 0 Å². The average Bonchev–Trinajstić information content (AvgIpc) is 2.64. The summed E-state index contributed by atoms with van der Waals surface area (Å²) in [4.78, 5) is 2.33. The molecule has 0 unspecified atom stereocenters. The van der Waals surface area contributed by atoms with Gasteiger partial charge in [-0.1, -0.05) is 12.8 Å². The first-order valence-electron chi connectivity index (χ1n) is 7.49. The number of nitrogen functional groups attached to an aromatic ring is 1. The normalized spacial score (nSPS) is 15.9. The molecule has 0 atom stereocenters. The van der Waals surface area contributed by atoms with Crippen LogP contribution in [0.5, 0.6) is 0 Å². The number of rotatable bonds is 5. The van der Waals surface area contributed by atoms with Crippen LogP contribution in [0.25, 0.3) is 0 Å². The summed E-state index contributed by atoms with van der Waals surface area (Å²) in [6.45, 7) is 6.00. The lowest BCUT2D eigenvalue weighted by Gasteiger charge is -2.25. The molecule has 0 aromatic carbocycles. The van der Waals surface area contributed by atoms with Gasteiger partial charge < -0.3 is 19.9 Å². The maximum atomic E-state index is 9.28. The molecule has 2 N–H and O–H groups in total. The molecule has 0 amide bonds. The molecule has 0 saturated carbocycles. The smallest absolute Gasteiger partial charge is 0.133 e. The highest BCUT2D eigenvalue weighted by Gasteiger charge is 2.20. The molecule has 2 heterocycles. The molecule has 5 heteroatoms. The number of ether oxygens (including phenoxy) is 1. The van der Waals surface area contributed by atoms with E-state index in [1.165, 1.54) is 25.7 Å². The van der Waals surface area contributed by atoms with Crippen LogP contribution in [-0.2, 0) is 11.3 Å². The minimum Gasteiger partial charge on any atom is -0.396 e. The summed E-state index contributed by atoms with van der Waals surface area (Å²) in [6.07, 6.45) is 4.94. The lowest BCUT2D eigenvalue weighted by atomic mass is 10.2. The third-order valence-corrected chi connectivity index (χ3v) is 3.78. The van der Waals surface area contributed by atoms with E-state index in [0.29, 0.717) is 31.1 Å². The summed E-state index contributed by atoms with van der Waals surface area (Å²) in [7, 11) is 0. The first-order valence-corrected chi connectivity index (χ1v) is 7.49. The Morgan fingerprint density at radius 2 is 2.00 bits per heavy atom. The van der Waals surface area contributed by atoms with Gasteiger partial charge in [-0.25, -0.2) is 0 Å². The van der Waals surface area contributed by atoms with Crippen molar-refractivity contribution in [2.75, 3.05) is 36.9 Å². The summed E-state index contributed by atoms with van der Waals surface area (Å²) in [5, 5.41) is 9.28. The Morgan fingerprint density at radius 1 is 1.30 bits per heavy atom. The van der Waals surface area contributed by atoms with E-state index in [0.717, 1.165) is 18.9 Å². The van der Waals surface area contributed by atoms with Crippen LogP contribution in [0.15, 0.2) is 6.07 Å². The highest BCUT2D eigenvalue weighted by atomic mass is 16.5. The molecule has 1 saturated heterocycles. The minimum absolute atomic E-state index is 0.611. The van der Waals surface area contributed by atoms with Crippen molar-refractivity contribution in [2.45, 2.75) is 39.2 Å². The van der Waals surface area contributed by atoms with Crippen molar-refractivity contribution in [3.05, 3.63) is 11.8 Å². The van der Waals surface area contributed by atoms with Gasteiger partial charge in [0.25, 0.3) is 0 Å². The summed E-state index contributed by atoms with van der Waals surface area (Å²) in [5.41, 5.74) is 7.48. The number of nitrogens with zero attached hydrogens (tertiary/aromatic N) is 3. The monoisotopic (exact) mass is 276 g/mol. The van der Waals surface area contributed by atoms with Gasteiger partial charge in [0.1, 0.15) is 17.6 Å². The number of nitriles is 1. The molecule has 0 radical (unpaired) electrons. The number of hydrogen-bond acceptors (Lipinski definition) is 4. The van der Waals surface area contributed by atoms with E-state index < -0.39 is 0 Å². The third-order valence-electron chi connectivity index (χ3n) is 3.78. The standard InChI is InChI=1S/C15H24N4O/c1-2-20-10-9-19-13(12-16)11-14(17)15(19)18-7-5-3-4-6-8-18/h11H,2-10,17H2,1H3. The molecule has 1 aliphatic rings. The quantitative estimate of drug-likeness (QED) is 0.838. The molecule has 0 spiro atoms. The van der Waals surface area contributed by atoms with Gasteiger partial charge >= 0.3 is 0 Å². The van der Waals surface area contributed by atoms with Crippen molar-refractivity contribution in [3.8, 4) is 6.07 Å². The Labute approximate surface area is 120 Å². The molecule has 2 rings (SSSR count). The zero-order valence-electron chi connectivity index (χ0n) is 12.3. The lowest BCUT2D eigenvalue weighted by molar-refractivity contribution is 0.139. The van der Waals surface area contributed by atoms with E-state index in [9.17, 15) is 5.26 Å². The van der Waals surface area contributed by atoms with Gasteiger partial charge in [-0.3, -0.25) is 0 Å². The topological polar surface area (TPSA) is 67.2 Å². The third kappa shape index (κ3) is 3.26. The molecule has 20 heavy (non-hydrogen) atoms. The fourth-order valence-electron chi connectivity index (χ4n) is 2.81. The second-order valence-corrected chi connectivity index (χ2v) is 5.17. The van der Waals surface area contributed by atoms with Crippen molar-refractivity contribution in [3.63, 3.8) is 0 Å². The van der Waals surface area contributed by atoms with Crippen LogP contribution in [0.2, 0.25) is 0 Å². The number of nitrogens with two attached hydrogens (primary N) is 1. The van der Waals surface area contributed by atoms with Crippen LogP contribution < -0.4 is 10.6 Å². The van der Waals surface area contributed by atoms with Crippen LogP contribution in [-0.4, -0.2) is 30.9 Å². The van der Waals surface area contributed by atoms with Crippen LogP contribution >= 0.6 is 0 Å². The van der Waals surface area contributed by atoms with Crippen LogP contribution in [0.4, 0.5) is 11.5 Å². The van der Waals surface area contributed by atoms with Gasteiger partial charge in [-0.2, -0.15) is 5.26 Å². The fourth-order valence-corrected chi connectivity index (χ4v) is 2.81. The molecule has 1 fully saturated rings. The van der Waals surface area contributed by atoms with Crippen LogP contribution in [0.1, 0.15) is 38.3 Å². The Kier molecular flexibility index (Phi) is 5.31. The van der Waals surface area contributed by atoms with Crippen LogP contribution in [0, 0.1) is 11.3 Å². The molecule has 1 aromatic heterocycles. The van der Waals surface area contributed by atoms with Crippen LogP contribution in [0.3, 0.4) is 0 Å². The SMILES string of the molecule is CCOCCn1c(C#N)cc(N)c1N1CCCCCC1. The number of aromatic nitrogens is 1. The van der Waals surface area contributed by atoms with E-state index in [-0.39, 0.29) is 0 Å². The van der Waals surface area contributed by atoms with Crippen molar-refractivity contribution in [2.24, 2.45) is 0 Å². The molecule has 1 aromatic rings. The summed E-state index contributed by atoms with van der Waals surface area (Å²) >= 11 is 0. The minimum atomic E-state index is 0.611. The van der Waals surface area contributed by atoms with Gasteiger partial charge in [0, 0.05) is 26.2 Å². The van der Waals surface area contributed by atoms with Crippen molar-refractivity contribution >= 4 is 11.5 Å². The van der Waals surface area contributed by atoms with Gasteiger partial charge in [-0.05, 0) is 25.8 Å². The van der Waals surface area contributed by atoms with Gasteiger partial charge in [0.05, 0.1) is 12.3 Å².